The van der Waals surface area contributed by atoms with E-state index in [4.69, 9.17) is 20.2 Å². The number of nitrogens with zero attached hydrogens (tertiary/aromatic N) is 2. The highest BCUT2D eigenvalue weighted by atomic mass is 32.1. The van der Waals surface area contributed by atoms with E-state index in [2.05, 4.69) is 15.7 Å². The molecule has 2 aliphatic rings. The van der Waals surface area contributed by atoms with Crippen molar-refractivity contribution < 1.29 is 14.3 Å². The molecule has 5 rings (SSSR count). The number of thiazole rings is 1. The van der Waals surface area contributed by atoms with Crippen molar-refractivity contribution in [1.29, 1.82) is 0 Å². The summed E-state index contributed by atoms with van der Waals surface area (Å²) >= 11 is 1.63. The molecule has 0 saturated heterocycles. The monoisotopic (exact) mass is 436 g/mol. The van der Waals surface area contributed by atoms with Gasteiger partial charge in [-0.2, -0.15) is 0 Å². The second kappa shape index (κ2) is 7.85. The van der Waals surface area contributed by atoms with Crippen molar-refractivity contribution in [2.24, 2.45) is 11.1 Å². The molecule has 0 radical (unpaired) electrons. The zero-order chi connectivity index (χ0) is 21.4. The molecular weight excluding hydrogens is 412 g/mol. The number of hydrogen-bond acceptors (Lipinski definition) is 7. The topological polar surface area (TPSA) is 99.4 Å². The minimum Gasteiger partial charge on any atom is -0.497 e. The Morgan fingerprint density at radius 3 is 2.68 bits per heavy atom. The molecule has 1 aromatic carbocycles. The molecule has 0 atom stereocenters. The third-order valence-corrected chi connectivity index (χ3v) is 6.99. The molecule has 1 spiro atoms. The van der Waals surface area contributed by atoms with Crippen LogP contribution in [0.5, 0.6) is 11.6 Å². The summed E-state index contributed by atoms with van der Waals surface area (Å²) in [6.07, 6.45) is 5.89. The van der Waals surface area contributed by atoms with Crippen molar-refractivity contribution in [2.45, 2.75) is 37.8 Å². The van der Waals surface area contributed by atoms with Crippen LogP contribution in [-0.2, 0) is 0 Å². The molecule has 3 aromatic rings. The lowest BCUT2D eigenvalue weighted by molar-refractivity contribution is -0.0759. The normalized spacial score (nSPS) is 24.2. The van der Waals surface area contributed by atoms with Gasteiger partial charge < -0.3 is 20.5 Å². The van der Waals surface area contributed by atoms with Crippen LogP contribution in [0.25, 0.3) is 11.3 Å². The summed E-state index contributed by atoms with van der Waals surface area (Å²) in [5.74, 6) is 0.675. The molecule has 0 bridgehead atoms. The fourth-order valence-electron chi connectivity index (χ4n) is 4.65. The predicted molar refractivity (Wildman–Crippen MR) is 120 cm³/mol. The number of benzene rings is 1. The van der Waals surface area contributed by atoms with Crippen molar-refractivity contribution in [1.82, 2.24) is 9.97 Å². The Morgan fingerprint density at radius 1 is 1.19 bits per heavy atom. The number of primary amides is 1. The number of pyridine rings is 1. The number of nitrogens with one attached hydrogen (secondary N) is 1. The van der Waals surface area contributed by atoms with Gasteiger partial charge in [0.25, 0.3) is 5.91 Å². The van der Waals surface area contributed by atoms with Gasteiger partial charge in [0.1, 0.15) is 17.4 Å². The number of aromatic nitrogens is 2. The number of amides is 1. The quantitative estimate of drug-likeness (QED) is 0.578. The third kappa shape index (κ3) is 3.95. The van der Waals surface area contributed by atoms with Crippen LogP contribution in [0.4, 0.5) is 5.13 Å². The van der Waals surface area contributed by atoms with Gasteiger partial charge >= 0.3 is 0 Å². The SMILES string of the molecule is COc1ccc(-c2csc(NC3CC4(C3)CC(Oc3ncccc3C(N)=O)C4)n2)cc1. The first-order chi connectivity index (χ1) is 15.0. The van der Waals surface area contributed by atoms with Gasteiger partial charge in [-0.3, -0.25) is 4.79 Å². The average molecular weight is 437 g/mol. The maximum Gasteiger partial charge on any atom is 0.254 e. The molecule has 7 nitrogen and oxygen atoms in total. The number of nitrogens with two attached hydrogens (primary N) is 1. The molecule has 8 heteroatoms. The zero-order valence-corrected chi connectivity index (χ0v) is 18.0. The van der Waals surface area contributed by atoms with E-state index in [-0.39, 0.29) is 6.10 Å². The van der Waals surface area contributed by atoms with Gasteiger partial charge in [-0.05, 0) is 67.5 Å². The van der Waals surface area contributed by atoms with E-state index in [1.54, 1.807) is 36.8 Å². The number of hydrogen-bond donors (Lipinski definition) is 2. The molecule has 0 aliphatic heterocycles. The number of anilines is 1. The molecule has 31 heavy (non-hydrogen) atoms. The molecule has 2 saturated carbocycles. The Kier molecular flexibility index (Phi) is 5.02. The second-order valence-electron chi connectivity index (χ2n) is 8.38. The van der Waals surface area contributed by atoms with E-state index < -0.39 is 5.91 Å². The van der Waals surface area contributed by atoms with Gasteiger partial charge in [0.15, 0.2) is 5.13 Å². The van der Waals surface area contributed by atoms with Gasteiger partial charge in [-0.15, -0.1) is 11.3 Å². The average Bonchev–Trinajstić information content (AvgIpc) is 3.19. The highest BCUT2D eigenvalue weighted by Crippen LogP contribution is 2.57. The van der Waals surface area contributed by atoms with Gasteiger partial charge in [0.05, 0.1) is 12.8 Å². The van der Waals surface area contributed by atoms with Gasteiger partial charge in [0, 0.05) is 23.2 Å². The number of carbonyl (C=O) groups is 1. The minimum absolute atomic E-state index is 0.0930. The molecule has 2 aromatic heterocycles. The highest BCUT2D eigenvalue weighted by molar-refractivity contribution is 7.14. The fourth-order valence-corrected chi connectivity index (χ4v) is 5.45. The Morgan fingerprint density at radius 2 is 1.97 bits per heavy atom. The Balaban J connectivity index is 1.12. The minimum atomic E-state index is -0.512. The molecule has 2 heterocycles. The van der Waals surface area contributed by atoms with Crippen molar-refractivity contribution >= 4 is 22.4 Å². The molecular formula is C23H24N4O3S. The highest BCUT2D eigenvalue weighted by Gasteiger charge is 2.54. The molecule has 2 aliphatic carbocycles. The smallest absolute Gasteiger partial charge is 0.254 e. The first-order valence-corrected chi connectivity index (χ1v) is 11.2. The first kappa shape index (κ1) is 19.8. The maximum absolute atomic E-state index is 11.5. The Hall–Kier alpha value is -3.13. The van der Waals surface area contributed by atoms with Crippen LogP contribution in [0.3, 0.4) is 0 Å². The number of methoxy groups -OCH3 is 1. The first-order valence-electron chi connectivity index (χ1n) is 10.3. The summed E-state index contributed by atoms with van der Waals surface area (Å²) < 4.78 is 11.2. The van der Waals surface area contributed by atoms with E-state index in [9.17, 15) is 4.79 Å². The zero-order valence-electron chi connectivity index (χ0n) is 17.2. The van der Waals surface area contributed by atoms with E-state index in [0.29, 0.717) is 22.9 Å². The lowest BCUT2D eigenvalue weighted by Crippen LogP contribution is -2.56. The number of rotatable bonds is 7. The molecule has 160 valence electrons. The number of carbonyl (C=O) groups excluding carboxylic acids is 1. The van der Waals surface area contributed by atoms with Crippen molar-refractivity contribution in [2.75, 3.05) is 12.4 Å². The van der Waals surface area contributed by atoms with Crippen LogP contribution in [-0.4, -0.2) is 35.1 Å². The summed E-state index contributed by atoms with van der Waals surface area (Å²) in [4.78, 5) is 20.4. The number of ether oxygens (including phenoxy) is 2. The van der Waals surface area contributed by atoms with E-state index in [0.717, 1.165) is 47.8 Å². The van der Waals surface area contributed by atoms with Gasteiger partial charge in [-0.1, -0.05) is 0 Å². The van der Waals surface area contributed by atoms with Crippen LogP contribution >= 0.6 is 11.3 Å². The van der Waals surface area contributed by atoms with Crippen LogP contribution in [0.1, 0.15) is 36.0 Å². The maximum atomic E-state index is 11.5. The lowest BCUT2D eigenvalue weighted by Gasteiger charge is -2.57. The van der Waals surface area contributed by atoms with Gasteiger partial charge in [-0.25, -0.2) is 9.97 Å². The summed E-state index contributed by atoms with van der Waals surface area (Å²) in [6, 6.07) is 11.7. The molecule has 2 fully saturated rings. The molecule has 1 amide bonds. The molecule has 3 N–H and O–H groups in total. The second-order valence-corrected chi connectivity index (χ2v) is 9.24. The van der Waals surface area contributed by atoms with Crippen LogP contribution < -0.4 is 20.5 Å². The van der Waals surface area contributed by atoms with Crippen LogP contribution in [0.2, 0.25) is 0 Å². The van der Waals surface area contributed by atoms with Crippen LogP contribution in [0, 0.1) is 5.41 Å². The van der Waals surface area contributed by atoms with E-state index in [1.165, 1.54) is 0 Å². The Bertz CT molecular complexity index is 1080. The molecule has 0 unspecified atom stereocenters. The van der Waals surface area contributed by atoms with E-state index >= 15 is 0 Å². The fraction of sp³-hybridized carbons (Fsp3) is 0.348. The predicted octanol–water partition coefficient (Wildman–Crippen LogP) is 4.11. The third-order valence-electron chi connectivity index (χ3n) is 6.21. The van der Waals surface area contributed by atoms with Gasteiger partial charge in [0.2, 0.25) is 5.88 Å². The summed E-state index contributed by atoms with van der Waals surface area (Å²) in [5.41, 5.74) is 8.14. The van der Waals surface area contributed by atoms with Crippen molar-refractivity contribution in [3.05, 3.63) is 53.5 Å². The van der Waals surface area contributed by atoms with Crippen LogP contribution in [0.15, 0.2) is 48.0 Å². The Labute approximate surface area is 184 Å². The summed E-state index contributed by atoms with van der Waals surface area (Å²) in [6.45, 7) is 0. The van der Waals surface area contributed by atoms with Crippen molar-refractivity contribution in [3.8, 4) is 22.9 Å². The standard InChI is InChI=1S/C23H24N4O3S/c1-29-16-6-4-14(5-7-16)19-13-31-22(27-19)26-15-9-23(10-15)11-17(12-23)30-21-18(20(24)28)3-2-8-25-21/h2-8,13,15,17H,9-12H2,1H3,(H2,24,28)(H,26,27). The largest absolute Gasteiger partial charge is 0.497 e. The van der Waals surface area contributed by atoms with Crippen molar-refractivity contribution in [3.63, 3.8) is 0 Å². The summed E-state index contributed by atoms with van der Waals surface area (Å²) in [5, 5.41) is 6.61. The van der Waals surface area contributed by atoms with E-state index in [1.807, 2.05) is 24.3 Å². The lowest BCUT2D eigenvalue weighted by atomic mass is 9.53. The summed E-state index contributed by atoms with van der Waals surface area (Å²) in [7, 11) is 1.67.